The molecule has 4 aliphatic heterocycles. The van der Waals surface area contributed by atoms with Gasteiger partial charge >= 0.3 is 0 Å². The largest absolute Gasteiger partial charge is 0.394 e. The van der Waals surface area contributed by atoms with Crippen LogP contribution in [0.3, 0.4) is 0 Å². The van der Waals surface area contributed by atoms with Gasteiger partial charge in [0.1, 0.15) is 23.8 Å². The molecule has 2 fully saturated rings. The lowest BCUT2D eigenvalue weighted by molar-refractivity contribution is -0.158. The smallest absolute Gasteiger partial charge is 0.250 e. The van der Waals surface area contributed by atoms with E-state index in [-0.39, 0.29) is 37.5 Å². The molecule has 1 N–H and O–H groups in total. The van der Waals surface area contributed by atoms with Gasteiger partial charge in [0.2, 0.25) is 11.8 Å². The monoisotopic (exact) mass is 610 g/mol. The second-order valence-electron chi connectivity index (χ2n) is 12.4. The van der Waals surface area contributed by atoms with Crippen molar-refractivity contribution in [1.82, 2.24) is 29.7 Å². The molecule has 6 atom stereocenters. The highest BCUT2D eigenvalue weighted by molar-refractivity contribution is 6.00. The molecule has 45 heavy (non-hydrogen) atoms. The van der Waals surface area contributed by atoms with Crippen molar-refractivity contribution in [2.75, 3.05) is 19.7 Å². The number of carbonyl (C=O) groups is 3. The fourth-order valence-electron chi connectivity index (χ4n) is 7.86. The zero-order chi connectivity index (χ0) is 31.3. The minimum atomic E-state index is -1.40. The van der Waals surface area contributed by atoms with Gasteiger partial charge in [-0.05, 0) is 30.5 Å². The van der Waals surface area contributed by atoms with E-state index < -0.39 is 35.1 Å². The van der Waals surface area contributed by atoms with E-state index in [1.165, 1.54) is 4.90 Å². The highest BCUT2D eigenvalue weighted by Gasteiger charge is 2.75. The Morgan fingerprint density at radius 1 is 0.911 bits per heavy atom. The summed E-state index contributed by atoms with van der Waals surface area (Å²) < 4.78 is 8.73. The number of fused-ring (bicyclic) bond motifs is 3. The molecule has 1 aromatic heterocycles. The number of carbonyl (C=O) groups excluding carboxylic acids is 3. The number of aliphatic hydroxyl groups excluding tert-OH is 1. The van der Waals surface area contributed by atoms with Gasteiger partial charge in [0, 0.05) is 19.6 Å². The van der Waals surface area contributed by atoms with Crippen molar-refractivity contribution < 1.29 is 24.2 Å². The van der Waals surface area contributed by atoms with Crippen molar-refractivity contribution in [3.05, 3.63) is 84.5 Å². The Morgan fingerprint density at radius 3 is 2.40 bits per heavy atom. The number of amides is 3. The number of rotatable bonds is 8. The predicted octanol–water partition coefficient (Wildman–Crippen LogP) is 2.52. The molecular formula is C34H38N6O5. The standard InChI is InChI=1S/C34H38N6O5/c1-3-24(21-41)40-29-32(44)38(22-39-26-15-9-8-14-25(26)35-36-39)19-11-17-34(29)28(31(40)43)27-30(42)37(20-23-12-6-5-7-13-23)18-10-16-33(27,4-2)45-34/h5-17,24,27-29,41H,3-4,18-22H2,1-2H3/t24-,27-,28-,29?,33+,34-/m0/s1. The van der Waals surface area contributed by atoms with Crippen LogP contribution < -0.4 is 0 Å². The Hall–Kier alpha value is -4.35. The third-order valence-corrected chi connectivity index (χ3v) is 10.1. The van der Waals surface area contributed by atoms with Gasteiger partial charge in [0.15, 0.2) is 0 Å². The number of benzene rings is 2. The second-order valence-corrected chi connectivity index (χ2v) is 12.4. The highest BCUT2D eigenvalue weighted by Crippen LogP contribution is 2.59. The van der Waals surface area contributed by atoms with Crippen LogP contribution in [-0.4, -0.2) is 95.5 Å². The number of ether oxygens (including phenoxy) is 1. The summed E-state index contributed by atoms with van der Waals surface area (Å²) in [5, 5.41) is 19.0. The molecule has 234 valence electrons. The first-order chi connectivity index (χ1) is 21.9. The highest BCUT2D eigenvalue weighted by atomic mass is 16.5. The van der Waals surface area contributed by atoms with Crippen LogP contribution in [0.2, 0.25) is 0 Å². The molecule has 3 aromatic rings. The summed E-state index contributed by atoms with van der Waals surface area (Å²) in [6.45, 7) is 4.67. The van der Waals surface area contributed by atoms with Crippen molar-refractivity contribution in [3.8, 4) is 0 Å². The van der Waals surface area contributed by atoms with E-state index in [9.17, 15) is 19.5 Å². The van der Waals surface area contributed by atoms with Gasteiger partial charge in [-0.2, -0.15) is 0 Å². The fourth-order valence-corrected chi connectivity index (χ4v) is 7.86. The summed E-state index contributed by atoms with van der Waals surface area (Å²) in [5.74, 6) is -2.61. The molecule has 2 saturated heterocycles. The zero-order valence-corrected chi connectivity index (χ0v) is 25.5. The summed E-state index contributed by atoms with van der Waals surface area (Å²) in [4.78, 5) is 48.9. The first-order valence-electron chi connectivity index (χ1n) is 15.8. The Balaban J connectivity index is 1.31. The summed E-state index contributed by atoms with van der Waals surface area (Å²) in [5.41, 5.74) is 0.0139. The average molecular weight is 611 g/mol. The molecule has 3 amide bonds. The third-order valence-electron chi connectivity index (χ3n) is 10.1. The minimum absolute atomic E-state index is 0.116. The Kier molecular flexibility index (Phi) is 7.32. The van der Waals surface area contributed by atoms with Crippen LogP contribution in [0.15, 0.2) is 78.9 Å². The van der Waals surface area contributed by atoms with Crippen molar-refractivity contribution >= 4 is 28.8 Å². The number of hydrogen-bond donors (Lipinski definition) is 1. The van der Waals surface area contributed by atoms with E-state index in [0.29, 0.717) is 31.4 Å². The molecule has 4 aliphatic rings. The van der Waals surface area contributed by atoms with E-state index in [4.69, 9.17) is 4.74 Å². The van der Waals surface area contributed by atoms with Crippen LogP contribution in [0, 0.1) is 11.8 Å². The van der Waals surface area contributed by atoms with Crippen LogP contribution in [0.25, 0.3) is 11.0 Å². The number of para-hydroxylation sites is 1. The van der Waals surface area contributed by atoms with E-state index in [1.807, 2.05) is 92.7 Å². The first kappa shape index (κ1) is 29.4. The lowest BCUT2D eigenvalue weighted by Crippen LogP contribution is -2.59. The summed E-state index contributed by atoms with van der Waals surface area (Å²) in [7, 11) is 0. The summed E-state index contributed by atoms with van der Waals surface area (Å²) >= 11 is 0. The van der Waals surface area contributed by atoms with Gasteiger partial charge in [-0.3, -0.25) is 14.4 Å². The molecule has 0 bridgehead atoms. The topological polar surface area (TPSA) is 121 Å². The lowest BCUT2D eigenvalue weighted by atomic mass is 9.73. The normalized spacial score (nSPS) is 30.0. The van der Waals surface area contributed by atoms with Gasteiger partial charge in [-0.1, -0.05) is 85.8 Å². The third kappa shape index (κ3) is 4.43. The van der Waals surface area contributed by atoms with E-state index in [2.05, 4.69) is 10.3 Å². The van der Waals surface area contributed by atoms with Gasteiger partial charge in [-0.25, -0.2) is 4.68 Å². The van der Waals surface area contributed by atoms with Crippen LogP contribution in [0.4, 0.5) is 0 Å². The minimum Gasteiger partial charge on any atom is -0.394 e. The molecule has 1 spiro atoms. The maximum Gasteiger partial charge on any atom is 0.250 e. The van der Waals surface area contributed by atoms with Crippen molar-refractivity contribution in [1.29, 1.82) is 0 Å². The molecule has 0 saturated carbocycles. The molecule has 2 aromatic carbocycles. The van der Waals surface area contributed by atoms with E-state index in [1.54, 1.807) is 14.5 Å². The van der Waals surface area contributed by atoms with Crippen molar-refractivity contribution in [2.24, 2.45) is 11.8 Å². The molecule has 0 radical (unpaired) electrons. The molecule has 5 heterocycles. The maximum atomic E-state index is 14.7. The number of aromatic nitrogens is 3. The van der Waals surface area contributed by atoms with Crippen LogP contribution in [0.1, 0.15) is 32.3 Å². The summed E-state index contributed by atoms with van der Waals surface area (Å²) in [6, 6.07) is 15.6. The van der Waals surface area contributed by atoms with E-state index in [0.717, 1.165) is 11.1 Å². The van der Waals surface area contributed by atoms with Crippen LogP contribution >= 0.6 is 0 Å². The quantitative estimate of drug-likeness (QED) is 0.389. The lowest BCUT2D eigenvalue weighted by Gasteiger charge is -2.40. The van der Waals surface area contributed by atoms with Gasteiger partial charge in [0.25, 0.3) is 5.91 Å². The maximum absolute atomic E-state index is 14.7. The van der Waals surface area contributed by atoms with Crippen LogP contribution in [0.5, 0.6) is 0 Å². The van der Waals surface area contributed by atoms with Crippen molar-refractivity contribution in [2.45, 2.75) is 63.2 Å². The second kappa shape index (κ2) is 11.2. The van der Waals surface area contributed by atoms with E-state index >= 15 is 0 Å². The SMILES string of the molecule is CC[C@@H](CO)N1C(=O)[C@@H]2[C@H]3C(=O)N(Cc4ccccc4)CC=C[C@@]3(CC)O[C@@]23C=CCN(Cn2nnc4ccccc42)C(=O)C13. The van der Waals surface area contributed by atoms with Gasteiger partial charge in [0.05, 0.1) is 35.6 Å². The molecule has 7 rings (SSSR count). The molecule has 0 aliphatic carbocycles. The van der Waals surface area contributed by atoms with Crippen LogP contribution in [-0.2, 0) is 32.3 Å². The van der Waals surface area contributed by atoms with Crippen molar-refractivity contribution in [3.63, 3.8) is 0 Å². The molecule has 11 nitrogen and oxygen atoms in total. The first-order valence-corrected chi connectivity index (χ1v) is 15.8. The number of hydrogen-bond acceptors (Lipinski definition) is 7. The number of aliphatic hydroxyl groups is 1. The molecular weight excluding hydrogens is 572 g/mol. The Morgan fingerprint density at radius 2 is 1.64 bits per heavy atom. The average Bonchev–Trinajstić information content (AvgIpc) is 3.61. The van der Waals surface area contributed by atoms with Gasteiger partial charge in [-0.15, -0.1) is 5.10 Å². The summed E-state index contributed by atoms with van der Waals surface area (Å²) in [6.07, 6.45) is 8.48. The molecule has 1 unspecified atom stereocenters. The van der Waals surface area contributed by atoms with Gasteiger partial charge < -0.3 is 24.5 Å². The number of likely N-dealkylation sites (tertiary alicyclic amines) is 1. The predicted molar refractivity (Wildman–Crippen MR) is 165 cm³/mol. The molecule has 11 heteroatoms. The fraction of sp³-hybridized carbons (Fsp3) is 0.441. The Labute approximate surface area is 261 Å². The number of nitrogens with zero attached hydrogens (tertiary/aromatic N) is 6. The zero-order valence-electron chi connectivity index (χ0n) is 25.5. The Bertz CT molecular complexity index is 1680.